The topological polar surface area (TPSA) is 32.7 Å². The highest BCUT2D eigenvalue weighted by Crippen LogP contribution is 2.64. The number of ether oxygens (including phenoxy) is 1. The van der Waals surface area contributed by atoms with E-state index in [0.29, 0.717) is 28.1 Å². The number of aromatic hydroxyl groups is 1. The highest BCUT2D eigenvalue weighted by Gasteiger charge is 2.63. The van der Waals surface area contributed by atoms with Crippen LogP contribution in [0.15, 0.2) is 48.2 Å². The number of rotatable bonds is 4. The number of hydrogen-bond donors (Lipinski definition) is 1. The number of phenols is 1. The van der Waals surface area contributed by atoms with Crippen molar-refractivity contribution in [3.8, 4) is 5.75 Å². The molecule has 6 atom stereocenters. The molecule has 0 aromatic heterocycles. The van der Waals surface area contributed by atoms with Crippen molar-refractivity contribution < 1.29 is 14.2 Å². The van der Waals surface area contributed by atoms with Crippen LogP contribution in [0.1, 0.15) is 38.2 Å². The highest BCUT2D eigenvalue weighted by atomic mass is 19.1. The Morgan fingerprint density at radius 1 is 1.21 bits per heavy atom. The summed E-state index contributed by atoms with van der Waals surface area (Å²) in [6, 6.07) is 13.3. The van der Waals surface area contributed by atoms with Crippen molar-refractivity contribution in [1.29, 1.82) is 0 Å². The van der Waals surface area contributed by atoms with E-state index >= 15 is 0 Å². The molecule has 4 bridgehead atoms. The second-order valence-corrected chi connectivity index (χ2v) is 11.0. The van der Waals surface area contributed by atoms with Crippen LogP contribution in [0.4, 0.5) is 15.8 Å². The van der Waals surface area contributed by atoms with Crippen molar-refractivity contribution in [3.63, 3.8) is 0 Å². The van der Waals surface area contributed by atoms with Crippen molar-refractivity contribution in [3.05, 3.63) is 59.5 Å². The summed E-state index contributed by atoms with van der Waals surface area (Å²) in [4.78, 5) is 2.76. The Kier molecular flexibility index (Phi) is 4.78. The average molecular weight is 450 g/mol. The summed E-state index contributed by atoms with van der Waals surface area (Å²) >= 11 is 0. The summed E-state index contributed by atoms with van der Waals surface area (Å²) in [6.45, 7) is 5.54. The number of hydrogen-bond acceptors (Lipinski definition) is 3. The molecule has 5 aliphatic rings. The van der Waals surface area contributed by atoms with Gasteiger partial charge >= 0.3 is 0 Å². The molecule has 2 aromatic carbocycles. The fourth-order valence-electron chi connectivity index (χ4n) is 8.22. The zero-order valence-corrected chi connectivity index (χ0v) is 19.9. The first kappa shape index (κ1) is 21.3. The maximum atomic E-state index is 13.9. The van der Waals surface area contributed by atoms with Gasteiger partial charge < -0.3 is 9.84 Å². The average Bonchev–Trinajstić information content (AvgIpc) is 2.99. The van der Waals surface area contributed by atoms with Gasteiger partial charge in [-0.05, 0) is 68.7 Å². The van der Waals surface area contributed by atoms with Crippen LogP contribution in [0.5, 0.6) is 5.75 Å². The maximum absolute atomic E-state index is 13.9. The number of quaternary nitrogens is 1. The van der Waals surface area contributed by atoms with Crippen LogP contribution in [0.25, 0.3) is 5.57 Å². The van der Waals surface area contributed by atoms with Gasteiger partial charge in [0.05, 0.1) is 12.5 Å². The Hall–Kier alpha value is -2.21. The molecule has 6 unspecified atom stereocenters. The fourth-order valence-corrected chi connectivity index (χ4v) is 8.22. The summed E-state index contributed by atoms with van der Waals surface area (Å²) in [7, 11) is 4.08. The smallest absolute Gasteiger partial charge is 0.150 e. The van der Waals surface area contributed by atoms with E-state index < -0.39 is 0 Å². The molecule has 0 spiro atoms. The van der Waals surface area contributed by atoms with E-state index in [1.54, 1.807) is 25.3 Å². The number of piperidine rings is 2. The minimum atomic E-state index is -0.209. The molecule has 0 radical (unpaired) electrons. The molecule has 0 amide bonds. The SMILES string of the molecule is COCCC1CC2CN3CCC4=C(C(C)(C2)C13)[N+](C)(c1ccc(F)cc1)c1ccc(O)cc14. The molecular weight excluding hydrogens is 415 g/mol. The summed E-state index contributed by atoms with van der Waals surface area (Å²) in [5, 5.41) is 10.4. The van der Waals surface area contributed by atoms with Gasteiger partial charge in [0.2, 0.25) is 0 Å². The second kappa shape index (κ2) is 7.39. The molecule has 4 nitrogen and oxygen atoms in total. The molecule has 33 heavy (non-hydrogen) atoms. The van der Waals surface area contributed by atoms with Crippen LogP contribution in [0.3, 0.4) is 0 Å². The third-order valence-corrected chi connectivity index (χ3v) is 9.08. The van der Waals surface area contributed by atoms with Gasteiger partial charge in [0.1, 0.15) is 23.0 Å². The monoisotopic (exact) mass is 449 g/mol. The zero-order valence-electron chi connectivity index (χ0n) is 19.9. The molecule has 7 rings (SSSR count). The van der Waals surface area contributed by atoms with Crippen LogP contribution in [-0.4, -0.2) is 49.9 Å². The van der Waals surface area contributed by atoms with Crippen molar-refractivity contribution in [1.82, 2.24) is 9.38 Å². The number of methoxy groups -OCH3 is 1. The molecule has 2 saturated heterocycles. The standard InChI is InChI=1S/C28H33FN2O2/c1-28-16-18-14-19(11-13-33-3)26(28)30(17-18)12-10-23-24-15-22(32)8-9-25(24)31(2,27(23)28)21-6-4-20(29)5-7-21/h4-9,15,18-19,26H,10-14,16-17H2,1-3H3/p+1. The van der Waals surface area contributed by atoms with E-state index in [1.165, 1.54) is 36.3 Å². The number of fused-ring (bicyclic) bond motifs is 3. The third-order valence-electron chi connectivity index (χ3n) is 9.08. The Morgan fingerprint density at radius 2 is 2.00 bits per heavy atom. The minimum absolute atomic E-state index is 0.00316. The number of phenolic OH excluding ortho intramolecular Hbond substituents is 1. The summed E-state index contributed by atoms with van der Waals surface area (Å²) < 4.78 is 20.0. The van der Waals surface area contributed by atoms with Gasteiger partial charge in [-0.3, -0.25) is 4.90 Å². The van der Waals surface area contributed by atoms with Crippen molar-refractivity contribution in [2.24, 2.45) is 17.3 Å². The predicted molar refractivity (Wildman–Crippen MR) is 130 cm³/mol. The van der Waals surface area contributed by atoms with Crippen molar-refractivity contribution in [2.75, 3.05) is 33.9 Å². The van der Waals surface area contributed by atoms with E-state index in [9.17, 15) is 9.50 Å². The fraction of sp³-hybridized carbons (Fsp3) is 0.500. The molecule has 5 heteroatoms. The lowest BCUT2D eigenvalue weighted by Crippen LogP contribution is -2.64. The molecule has 4 aliphatic heterocycles. The van der Waals surface area contributed by atoms with E-state index in [0.717, 1.165) is 37.2 Å². The Bertz CT molecular complexity index is 1130. The third kappa shape index (κ3) is 2.92. The van der Waals surface area contributed by atoms with Crippen LogP contribution < -0.4 is 4.48 Å². The van der Waals surface area contributed by atoms with E-state index in [4.69, 9.17) is 4.74 Å². The van der Waals surface area contributed by atoms with Gasteiger partial charge in [0.25, 0.3) is 0 Å². The van der Waals surface area contributed by atoms with E-state index in [2.05, 4.69) is 24.9 Å². The predicted octanol–water partition coefficient (Wildman–Crippen LogP) is 5.68. The van der Waals surface area contributed by atoms with Crippen molar-refractivity contribution >= 4 is 16.9 Å². The van der Waals surface area contributed by atoms with Gasteiger partial charge in [-0.25, -0.2) is 8.87 Å². The lowest BCUT2D eigenvalue weighted by atomic mass is 9.57. The normalized spacial score (nSPS) is 36.5. The molecule has 2 aromatic rings. The van der Waals surface area contributed by atoms with Crippen LogP contribution >= 0.6 is 0 Å². The van der Waals surface area contributed by atoms with Gasteiger partial charge in [-0.15, -0.1) is 0 Å². The maximum Gasteiger partial charge on any atom is 0.150 e. The highest BCUT2D eigenvalue weighted by molar-refractivity contribution is 5.91. The minimum Gasteiger partial charge on any atom is -0.508 e. The first-order chi connectivity index (χ1) is 15.9. The molecule has 1 aliphatic carbocycles. The number of benzene rings is 2. The molecular formula is C28H34FN2O2+. The summed E-state index contributed by atoms with van der Waals surface area (Å²) in [6.07, 6.45) is 4.55. The molecule has 1 saturated carbocycles. The lowest BCUT2D eigenvalue weighted by Gasteiger charge is -2.59. The Morgan fingerprint density at radius 3 is 2.76 bits per heavy atom. The van der Waals surface area contributed by atoms with Gasteiger partial charge in [0.15, 0.2) is 5.69 Å². The first-order valence-corrected chi connectivity index (χ1v) is 12.3. The largest absolute Gasteiger partial charge is 0.508 e. The lowest BCUT2D eigenvalue weighted by molar-refractivity contribution is -0.0823. The summed E-state index contributed by atoms with van der Waals surface area (Å²) in [5.41, 5.74) is 6.27. The first-order valence-electron chi connectivity index (χ1n) is 12.3. The van der Waals surface area contributed by atoms with Crippen LogP contribution in [0, 0.1) is 23.1 Å². The van der Waals surface area contributed by atoms with Gasteiger partial charge in [0, 0.05) is 62.2 Å². The van der Waals surface area contributed by atoms with E-state index in [-0.39, 0.29) is 11.2 Å². The van der Waals surface area contributed by atoms with Crippen LogP contribution in [-0.2, 0) is 4.74 Å². The Labute approximate surface area is 195 Å². The second-order valence-electron chi connectivity index (χ2n) is 11.0. The quantitative estimate of drug-likeness (QED) is 0.610. The Balaban J connectivity index is 1.58. The van der Waals surface area contributed by atoms with Gasteiger partial charge in [-0.1, -0.05) is 0 Å². The van der Waals surface area contributed by atoms with Crippen molar-refractivity contribution in [2.45, 2.75) is 38.6 Å². The van der Waals surface area contributed by atoms with E-state index in [1.807, 2.05) is 18.2 Å². The molecule has 4 heterocycles. The molecule has 3 fully saturated rings. The number of nitrogens with zero attached hydrogens (tertiary/aromatic N) is 2. The van der Waals surface area contributed by atoms with Gasteiger partial charge in [-0.2, -0.15) is 0 Å². The zero-order chi connectivity index (χ0) is 23.0. The summed E-state index contributed by atoms with van der Waals surface area (Å²) in [5.74, 6) is 1.41. The molecule has 1 N–H and O–H groups in total. The molecule has 174 valence electrons. The van der Waals surface area contributed by atoms with Crippen LogP contribution in [0.2, 0.25) is 0 Å². The number of halogens is 1.